The Morgan fingerprint density at radius 1 is 1.22 bits per heavy atom. The molecule has 0 aliphatic heterocycles. The molecule has 23 heavy (non-hydrogen) atoms. The number of nitrogens with one attached hydrogen (secondary N) is 1. The first-order valence-electron chi connectivity index (χ1n) is 6.76. The van der Waals surface area contributed by atoms with Gasteiger partial charge < -0.3 is 5.11 Å². The number of hydrogen-bond donors (Lipinski definition) is 2. The lowest BCUT2D eigenvalue weighted by Gasteiger charge is -2.00. The second kappa shape index (κ2) is 6.85. The fourth-order valence-corrected chi connectivity index (χ4v) is 2.99. The molecule has 0 saturated carbocycles. The zero-order valence-electron chi connectivity index (χ0n) is 11.9. The fraction of sp³-hybridized carbons (Fsp3) is 0.0625. The van der Waals surface area contributed by atoms with E-state index in [0.29, 0.717) is 21.8 Å². The summed E-state index contributed by atoms with van der Waals surface area (Å²) in [5.74, 6) is 0.258. The van der Waals surface area contributed by atoms with E-state index in [1.54, 1.807) is 24.3 Å². The fourth-order valence-electron chi connectivity index (χ4n) is 2.03. The number of hydrogen-bond acceptors (Lipinski definition) is 4. The van der Waals surface area contributed by atoms with Crippen molar-refractivity contribution in [1.82, 2.24) is 15.2 Å². The van der Waals surface area contributed by atoms with Gasteiger partial charge in [0.15, 0.2) is 5.82 Å². The molecule has 2 N–H and O–H groups in total. The molecule has 1 heterocycles. The van der Waals surface area contributed by atoms with Crippen molar-refractivity contribution in [3.05, 3.63) is 64.7 Å². The zero-order valence-corrected chi connectivity index (χ0v) is 13.4. The van der Waals surface area contributed by atoms with Crippen molar-refractivity contribution in [1.29, 1.82) is 0 Å². The summed E-state index contributed by atoms with van der Waals surface area (Å²) in [4.78, 5) is 15.4. The lowest BCUT2D eigenvalue weighted by atomic mass is 10.1. The highest BCUT2D eigenvalue weighted by atomic mass is 35.5. The van der Waals surface area contributed by atoms with E-state index in [0.717, 1.165) is 11.1 Å². The molecule has 0 bridgehead atoms. The third-order valence-corrected chi connectivity index (χ3v) is 4.38. The van der Waals surface area contributed by atoms with Crippen molar-refractivity contribution in [2.75, 3.05) is 0 Å². The monoisotopic (exact) mass is 345 g/mol. The molecule has 0 radical (unpaired) electrons. The first-order chi connectivity index (χ1) is 11.1. The summed E-state index contributed by atoms with van der Waals surface area (Å²) in [5, 5.41) is 17.2. The largest absolute Gasteiger partial charge is 0.478 e. The summed E-state index contributed by atoms with van der Waals surface area (Å²) in [7, 11) is 0. The molecule has 0 atom stereocenters. The summed E-state index contributed by atoms with van der Waals surface area (Å²) < 4.78 is 0. The number of carboxylic acids is 1. The molecular weight excluding hydrogens is 334 g/mol. The number of rotatable bonds is 5. The van der Waals surface area contributed by atoms with Crippen LogP contribution in [0.4, 0.5) is 0 Å². The van der Waals surface area contributed by atoms with Gasteiger partial charge in [0, 0.05) is 11.3 Å². The predicted molar refractivity (Wildman–Crippen MR) is 89.8 cm³/mol. The summed E-state index contributed by atoms with van der Waals surface area (Å²) in [5.41, 5.74) is 1.97. The van der Waals surface area contributed by atoms with Crippen LogP contribution >= 0.6 is 23.4 Å². The van der Waals surface area contributed by atoms with Gasteiger partial charge in [-0.25, -0.2) is 9.78 Å². The van der Waals surface area contributed by atoms with Crippen LogP contribution in [-0.4, -0.2) is 26.3 Å². The van der Waals surface area contributed by atoms with E-state index in [1.807, 2.05) is 24.3 Å². The minimum atomic E-state index is -0.934. The molecule has 0 fully saturated rings. The number of aromatic carboxylic acids is 1. The molecule has 1 aromatic heterocycles. The van der Waals surface area contributed by atoms with Crippen LogP contribution < -0.4 is 0 Å². The first-order valence-corrected chi connectivity index (χ1v) is 8.12. The number of halogens is 1. The van der Waals surface area contributed by atoms with Crippen LogP contribution in [0, 0.1) is 0 Å². The number of nitrogens with zero attached hydrogens (tertiary/aromatic N) is 2. The minimum Gasteiger partial charge on any atom is -0.478 e. The molecule has 3 aromatic rings. The highest BCUT2D eigenvalue weighted by molar-refractivity contribution is 7.98. The molecule has 0 amide bonds. The Morgan fingerprint density at radius 3 is 2.83 bits per heavy atom. The molecule has 116 valence electrons. The summed E-state index contributed by atoms with van der Waals surface area (Å²) in [6, 6.07) is 14.2. The van der Waals surface area contributed by atoms with Crippen LogP contribution in [0.5, 0.6) is 0 Å². The predicted octanol–water partition coefficient (Wildman–Crippen LogP) is 4.12. The Balaban J connectivity index is 1.72. The highest BCUT2D eigenvalue weighted by Crippen LogP contribution is 2.27. The minimum absolute atomic E-state index is 0.273. The lowest BCUT2D eigenvalue weighted by molar-refractivity contribution is 0.0697. The smallest absolute Gasteiger partial charge is 0.335 e. The normalized spacial score (nSPS) is 10.7. The van der Waals surface area contributed by atoms with Gasteiger partial charge in [-0.05, 0) is 29.8 Å². The maximum absolute atomic E-state index is 11.0. The summed E-state index contributed by atoms with van der Waals surface area (Å²) in [6.45, 7) is 0. The second-order valence-corrected chi connectivity index (χ2v) is 6.09. The Kier molecular flexibility index (Phi) is 4.64. The quantitative estimate of drug-likeness (QED) is 0.680. The van der Waals surface area contributed by atoms with Crippen LogP contribution in [0.15, 0.2) is 53.7 Å². The standard InChI is InChI=1S/C16H12ClN3O2S/c17-13-7-2-1-6-12(13)14-18-16(20-19-14)23-9-10-4-3-5-11(8-10)15(21)22/h1-8H,9H2,(H,21,22)(H,18,19,20). The van der Waals surface area contributed by atoms with Gasteiger partial charge in [0.05, 0.1) is 10.6 Å². The van der Waals surface area contributed by atoms with Gasteiger partial charge in [-0.1, -0.05) is 47.6 Å². The maximum atomic E-state index is 11.0. The van der Waals surface area contributed by atoms with Crippen LogP contribution in [-0.2, 0) is 5.75 Å². The Labute approximate surface area is 141 Å². The van der Waals surface area contributed by atoms with Gasteiger partial charge >= 0.3 is 5.97 Å². The number of aromatic amines is 1. The number of benzene rings is 2. The number of aromatic nitrogens is 3. The molecule has 0 spiro atoms. The molecule has 7 heteroatoms. The summed E-state index contributed by atoms with van der Waals surface area (Å²) >= 11 is 7.56. The zero-order chi connectivity index (χ0) is 16.2. The number of carboxylic acid groups (broad SMARTS) is 1. The van der Waals surface area contributed by atoms with Crippen molar-refractivity contribution < 1.29 is 9.90 Å². The SMILES string of the molecule is O=C(O)c1cccc(CSc2n[nH]c(-c3ccccc3Cl)n2)c1. The molecule has 2 aromatic carbocycles. The molecule has 0 saturated heterocycles. The van der Waals surface area contributed by atoms with Crippen molar-refractivity contribution >= 4 is 29.3 Å². The van der Waals surface area contributed by atoms with E-state index in [-0.39, 0.29) is 5.56 Å². The van der Waals surface area contributed by atoms with Crippen molar-refractivity contribution in [3.8, 4) is 11.4 Å². The van der Waals surface area contributed by atoms with E-state index >= 15 is 0 Å². The second-order valence-electron chi connectivity index (χ2n) is 4.74. The van der Waals surface area contributed by atoms with Gasteiger partial charge in [0.1, 0.15) is 0 Å². The lowest BCUT2D eigenvalue weighted by Crippen LogP contribution is -1.96. The highest BCUT2D eigenvalue weighted by Gasteiger charge is 2.10. The first kappa shape index (κ1) is 15.6. The van der Waals surface area contributed by atoms with Gasteiger partial charge in [0.2, 0.25) is 5.16 Å². The molecular formula is C16H12ClN3O2S. The van der Waals surface area contributed by atoms with Gasteiger partial charge in [-0.15, -0.1) is 5.10 Å². The average molecular weight is 346 g/mol. The third-order valence-electron chi connectivity index (χ3n) is 3.14. The molecule has 0 aliphatic carbocycles. The van der Waals surface area contributed by atoms with Gasteiger partial charge in [0.25, 0.3) is 0 Å². The molecule has 3 rings (SSSR count). The van der Waals surface area contributed by atoms with Crippen LogP contribution in [0.1, 0.15) is 15.9 Å². The van der Waals surface area contributed by atoms with E-state index in [9.17, 15) is 4.79 Å². The van der Waals surface area contributed by atoms with Crippen LogP contribution in [0.2, 0.25) is 5.02 Å². The van der Waals surface area contributed by atoms with E-state index in [1.165, 1.54) is 11.8 Å². The van der Waals surface area contributed by atoms with Crippen molar-refractivity contribution in [2.24, 2.45) is 0 Å². The van der Waals surface area contributed by atoms with Crippen molar-refractivity contribution in [2.45, 2.75) is 10.9 Å². The third kappa shape index (κ3) is 3.72. The summed E-state index contributed by atoms with van der Waals surface area (Å²) in [6.07, 6.45) is 0. The van der Waals surface area contributed by atoms with E-state index < -0.39 is 5.97 Å². The number of thioether (sulfide) groups is 1. The van der Waals surface area contributed by atoms with Gasteiger partial charge in [-0.2, -0.15) is 0 Å². The molecule has 0 unspecified atom stereocenters. The molecule has 5 nitrogen and oxygen atoms in total. The number of carbonyl (C=O) groups is 1. The average Bonchev–Trinajstić information content (AvgIpc) is 3.02. The molecule has 0 aliphatic rings. The van der Waals surface area contributed by atoms with Crippen LogP contribution in [0.3, 0.4) is 0 Å². The van der Waals surface area contributed by atoms with Crippen molar-refractivity contribution in [3.63, 3.8) is 0 Å². The number of H-pyrrole nitrogens is 1. The van der Waals surface area contributed by atoms with Crippen LogP contribution in [0.25, 0.3) is 11.4 Å². The Morgan fingerprint density at radius 2 is 2.04 bits per heavy atom. The Hall–Kier alpha value is -2.31. The Bertz CT molecular complexity index is 851. The van der Waals surface area contributed by atoms with E-state index in [2.05, 4.69) is 15.2 Å². The maximum Gasteiger partial charge on any atom is 0.335 e. The van der Waals surface area contributed by atoms with E-state index in [4.69, 9.17) is 16.7 Å². The van der Waals surface area contributed by atoms with Gasteiger partial charge in [-0.3, -0.25) is 5.10 Å². The topological polar surface area (TPSA) is 78.9 Å².